The molecule has 0 aliphatic carbocycles. The van der Waals surface area contributed by atoms with Crippen molar-refractivity contribution in [3.8, 4) is 0 Å². The summed E-state index contributed by atoms with van der Waals surface area (Å²) in [5.41, 5.74) is 3.01. The van der Waals surface area contributed by atoms with E-state index in [1.807, 2.05) is 60.8 Å². The van der Waals surface area contributed by atoms with Gasteiger partial charge in [0.15, 0.2) is 0 Å². The van der Waals surface area contributed by atoms with Crippen LogP contribution in [0.3, 0.4) is 0 Å². The van der Waals surface area contributed by atoms with Crippen molar-refractivity contribution < 1.29 is 9.59 Å². The molecule has 6 heteroatoms. The van der Waals surface area contributed by atoms with Gasteiger partial charge in [-0.05, 0) is 42.2 Å². The van der Waals surface area contributed by atoms with Crippen molar-refractivity contribution in [3.05, 3.63) is 102 Å². The van der Waals surface area contributed by atoms with Gasteiger partial charge in [0.2, 0.25) is 5.91 Å². The van der Waals surface area contributed by atoms with E-state index in [9.17, 15) is 9.59 Å². The number of carbonyl (C=O) groups is 2. The lowest BCUT2D eigenvalue weighted by Gasteiger charge is -2.20. The van der Waals surface area contributed by atoms with Crippen LogP contribution in [0.5, 0.6) is 0 Å². The van der Waals surface area contributed by atoms with Gasteiger partial charge in [0.05, 0.1) is 6.54 Å². The van der Waals surface area contributed by atoms with E-state index in [1.165, 1.54) is 5.56 Å². The van der Waals surface area contributed by atoms with Crippen LogP contribution in [0.1, 0.15) is 33.8 Å². The predicted octanol–water partition coefficient (Wildman–Crippen LogP) is 3.03. The molecule has 2 aromatic carbocycles. The summed E-state index contributed by atoms with van der Waals surface area (Å²) in [5, 5.41) is 6.20. The molecule has 2 unspecified atom stereocenters. The van der Waals surface area contributed by atoms with Gasteiger partial charge in [0.25, 0.3) is 5.91 Å². The van der Waals surface area contributed by atoms with Gasteiger partial charge in [-0.15, -0.1) is 0 Å². The van der Waals surface area contributed by atoms with Crippen LogP contribution >= 0.6 is 0 Å². The smallest absolute Gasteiger partial charge is 0.251 e. The Balaban J connectivity index is 1.26. The minimum Gasteiger partial charge on any atom is -0.354 e. The van der Waals surface area contributed by atoms with Crippen molar-refractivity contribution in [2.24, 2.45) is 0 Å². The highest BCUT2D eigenvalue weighted by Crippen LogP contribution is 2.20. The molecular weight excluding hydrogens is 412 g/mol. The lowest BCUT2D eigenvalue weighted by atomic mass is 9.92. The standard InChI is InChI=1S/C27H30N4O2/c32-26(20-31-15-13-25(19-31)30-27(33)23-11-5-2-6-12-23)29-18-24(22-9-3-1-4-10-22)16-21-8-7-14-28-17-21/h1-12,14,17,24-25H,13,15-16,18-20H2,(H,29,32)(H,30,33). The Kier molecular flexibility index (Phi) is 7.82. The number of pyridine rings is 1. The van der Waals surface area contributed by atoms with Crippen molar-refractivity contribution in [2.75, 3.05) is 26.2 Å². The summed E-state index contributed by atoms with van der Waals surface area (Å²) >= 11 is 0. The SMILES string of the molecule is O=C(CN1CCC(NC(=O)c2ccccc2)C1)NCC(Cc1cccnc1)c1ccccc1. The molecule has 1 fully saturated rings. The first-order valence-corrected chi connectivity index (χ1v) is 11.5. The third kappa shape index (κ3) is 6.73. The Bertz CT molecular complexity index is 1030. The zero-order valence-corrected chi connectivity index (χ0v) is 18.7. The molecule has 4 rings (SSSR count). The van der Waals surface area contributed by atoms with E-state index in [-0.39, 0.29) is 23.8 Å². The van der Waals surface area contributed by atoms with E-state index in [1.54, 1.807) is 6.20 Å². The Morgan fingerprint density at radius 3 is 2.48 bits per heavy atom. The van der Waals surface area contributed by atoms with Crippen molar-refractivity contribution in [1.29, 1.82) is 0 Å². The number of likely N-dealkylation sites (tertiary alicyclic amines) is 1. The molecule has 2 atom stereocenters. The van der Waals surface area contributed by atoms with Gasteiger partial charge in [-0.2, -0.15) is 0 Å². The molecule has 2 heterocycles. The molecular formula is C27H30N4O2. The topological polar surface area (TPSA) is 74.3 Å². The van der Waals surface area contributed by atoms with Crippen molar-refractivity contribution in [2.45, 2.75) is 24.8 Å². The van der Waals surface area contributed by atoms with E-state index in [2.05, 4.69) is 38.7 Å². The minimum atomic E-state index is -0.0620. The molecule has 6 nitrogen and oxygen atoms in total. The number of carbonyl (C=O) groups excluding carboxylic acids is 2. The first-order valence-electron chi connectivity index (χ1n) is 11.5. The van der Waals surface area contributed by atoms with Crippen LogP contribution in [0.4, 0.5) is 0 Å². The largest absolute Gasteiger partial charge is 0.354 e. The number of hydrogen-bond acceptors (Lipinski definition) is 4. The zero-order chi connectivity index (χ0) is 22.9. The lowest BCUT2D eigenvalue weighted by molar-refractivity contribution is -0.122. The summed E-state index contributed by atoms with van der Waals surface area (Å²) < 4.78 is 0. The Hall–Kier alpha value is -3.51. The maximum Gasteiger partial charge on any atom is 0.251 e. The van der Waals surface area contributed by atoms with Crippen molar-refractivity contribution in [1.82, 2.24) is 20.5 Å². The summed E-state index contributed by atoms with van der Waals surface area (Å²) in [6.45, 7) is 2.39. The monoisotopic (exact) mass is 442 g/mol. The molecule has 0 bridgehead atoms. The zero-order valence-electron chi connectivity index (χ0n) is 18.7. The Morgan fingerprint density at radius 1 is 1.00 bits per heavy atom. The second kappa shape index (κ2) is 11.4. The van der Waals surface area contributed by atoms with Crippen LogP contribution in [-0.2, 0) is 11.2 Å². The average Bonchev–Trinajstić information content (AvgIpc) is 3.30. The van der Waals surface area contributed by atoms with Gasteiger partial charge in [0.1, 0.15) is 0 Å². The number of amides is 2. The first-order chi connectivity index (χ1) is 16.2. The fraction of sp³-hybridized carbons (Fsp3) is 0.296. The summed E-state index contributed by atoms with van der Waals surface area (Å²) in [7, 11) is 0. The summed E-state index contributed by atoms with van der Waals surface area (Å²) in [5.74, 6) is 0.126. The highest BCUT2D eigenvalue weighted by atomic mass is 16.2. The number of nitrogens with one attached hydrogen (secondary N) is 2. The molecule has 0 radical (unpaired) electrons. The van der Waals surface area contributed by atoms with E-state index >= 15 is 0 Å². The normalized spacial score (nSPS) is 16.8. The quantitative estimate of drug-likeness (QED) is 0.534. The second-order valence-electron chi connectivity index (χ2n) is 8.54. The average molecular weight is 443 g/mol. The number of aromatic nitrogens is 1. The lowest BCUT2D eigenvalue weighted by Crippen LogP contribution is -2.41. The third-order valence-electron chi connectivity index (χ3n) is 6.03. The fourth-order valence-electron chi connectivity index (χ4n) is 4.28. The van der Waals surface area contributed by atoms with Crippen molar-refractivity contribution >= 4 is 11.8 Å². The molecule has 0 saturated carbocycles. The summed E-state index contributed by atoms with van der Waals surface area (Å²) in [6.07, 6.45) is 5.31. The maximum absolute atomic E-state index is 12.7. The molecule has 3 aromatic rings. The highest BCUT2D eigenvalue weighted by molar-refractivity contribution is 5.94. The van der Waals surface area contributed by atoms with Crippen LogP contribution in [0.2, 0.25) is 0 Å². The van der Waals surface area contributed by atoms with Gasteiger partial charge < -0.3 is 10.6 Å². The van der Waals surface area contributed by atoms with Gasteiger partial charge in [-0.25, -0.2) is 0 Å². The van der Waals surface area contributed by atoms with Gasteiger partial charge in [0, 0.05) is 49.6 Å². The van der Waals surface area contributed by atoms with Crippen molar-refractivity contribution in [3.63, 3.8) is 0 Å². The van der Waals surface area contributed by atoms with Crippen LogP contribution < -0.4 is 10.6 Å². The molecule has 2 amide bonds. The molecule has 1 aliphatic rings. The predicted molar refractivity (Wildman–Crippen MR) is 129 cm³/mol. The Labute approximate surface area is 195 Å². The maximum atomic E-state index is 12.7. The number of hydrogen-bond donors (Lipinski definition) is 2. The highest BCUT2D eigenvalue weighted by Gasteiger charge is 2.26. The van der Waals surface area contributed by atoms with E-state index in [0.29, 0.717) is 25.2 Å². The van der Waals surface area contributed by atoms with Crippen LogP contribution in [0.15, 0.2) is 85.2 Å². The third-order valence-corrected chi connectivity index (χ3v) is 6.03. The Morgan fingerprint density at radius 2 is 1.76 bits per heavy atom. The number of nitrogens with zero attached hydrogens (tertiary/aromatic N) is 2. The van der Waals surface area contributed by atoms with E-state index in [0.717, 1.165) is 24.9 Å². The fourth-order valence-corrected chi connectivity index (χ4v) is 4.28. The summed E-state index contributed by atoms with van der Waals surface area (Å²) in [6, 6.07) is 23.6. The summed E-state index contributed by atoms with van der Waals surface area (Å²) in [4.78, 5) is 31.4. The van der Waals surface area contributed by atoms with E-state index < -0.39 is 0 Å². The van der Waals surface area contributed by atoms with E-state index in [4.69, 9.17) is 0 Å². The molecule has 0 spiro atoms. The van der Waals surface area contributed by atoms with Gasteiger partial charge >= 0.3 is 0 Å². The number of rotatable bonds is 9. The second-order valence-corrected chi connectivity index (χ2v) is 8.54. The molecule has 170 valence electrons. The van der Waals surface area contributed by atoms with Crippen LogP contribution in [0.25, 0.3) is 0 Å². The minimum absolute atomic E-state index is 0.0113. The van der Waals surface area contributed by atoms with Gasteiger partial charge in [-0.1, -0.05) is 54.6 Å². The number of benzene rings is 2. The molecule has 1 aliphatic heterocycles. The molecule has 33 heavy (non-hydrogen) atoms. The van der Waals surface area contributed by atoms with Crippen LogP contribution in [0, 0.1) is 0 Å². The molecule has 1 aromatic heterocycles. The first kappa shape index (κ1) is 22.7. The molecule has 1 saturated heterocycles. The van der Waals surface area contributed by atoms with Crippen LogP contribution in [-0.4, -0.2) is 53.9 Å². The van der Waals surface area contributed by atoms with Gasteiger partial charge in [-0.3, -0.25) is 19.5 Å². The molecule has 2 N–H and O–H groups in total.